The van der Waals surface area contributed by atoms with E-state index in [1.165, 1.54) is 70.6 Å². The Bertz CT molecular complexity index is 842. The van der Waals surface area contributed by atoms with E-state index in [1.807, 2.05) is 0 Å². The number of unbranched alkanes of at least 4 members (excludes halogenated alkanes) is 14. The summed E-state index contributed by atoms with van der Waals surface area (Å²) in [4.78, 5) is 24.8. The van der Waals surface area contributed by atoms with Crippen molar-refractivity contribution in [3.8, 4) is 0 Å². The van der Waals surface area contributed by atoms with Crippen LogP contribution in [-0.2, 0) is 19.1 Å². The maximum absolute atomic E-state index is 12.5. The van der Waals surface area contributed by atoms with Gasteiger partial charge in [-0.25, -0.2) is 5.84 Å². The van der Waals surface area contributed by atoms with E-state index in [-0.39, 0.29) is 25.4 Å². The summed E-state index contributed by atoms with van der Waals surface area (Å²) in [5.74, 6) is 4.60. The highest BCUT2D eigenvalue weighted by atomic mass is 16.7. The Morgan fingerprint density at radius 1 is 0.792 bits per heavy atom. The van der Waals surface area contributed by atoms with Crippen LogP contribution < -0.4 is 11.2 Å². The summed E-state index contributed by atoms with van der Waals surface area (Å²) in [6.45, 7) is 0.625. The SMILES string of the molecule is CCCCCCCCCCCCCCCCCC(=O)N(N)CCCNC(=O)C(O)C(O)C(OC1OC(CO)C(O)C(O)C1O)C(O)CO. The van der Waals surface area contributed by atoms with Crippen molar-refractivity contribution in [3.63, 3.8) is 0 Å². The zero-order valence-electron chi connectivity index (χ0n) is 28.8. The molecule has 15 heteroatoms. The molecule has 0 saturated carbocycles. The Kier molecular flexibility index (Phi) is 24.4. The number of carbonyl (C=O) groups excluding carboxylic acids is 2. The van der Waals surface area contributed by atoms with Gasteiger partial charge in [-0.1, -0.05) is 96.8 Å². The first-order valence-corrected chi connectivity index (χ1v) is 17.9. The molecule has 0 radical (unpaired) electrons. The highest BCUT2D eigenvalue weighted by Crippen LogP contribution is 2.25. The number of aliphatic hydroxyl groups is 8. The highest BCUT2D eigenvalue weighted by Gasteiger charge is 2.47. The van der Waals surface area contributed by atoms with Gasteiger partial charge in [0.2, 0.25) is 5.91 Å². The van der Waals surface area contributed by atoms with Crippen molar-refractivity contribution in [2.45, 2.75) is 171 Å². The maximum Gasteiger partial charge on any atom is 0.251 e. The number of carbonyl (C=O) groups is 2. The summed E-state index contributed by atoms with van der Waals surface area (Å²) in [7, 11) is 0. The Morgan fingerprint density at radius 2 is 1.31 bits per heavy atom. The zero-order valence-corrected chi connectivity index (χ0v) is 28.8. The van der Waals surface area contributed by atoms with Gasteiger partial charge in [-0.2, -0.15) is 0 Å². The summed E-state index contributed by atoms with van der Waals surface area (Å²) in [5, 5.41) is 83.4. The summed E-state index contributed by atoms with van der Waals surface area (Å²) in [5.41, 5.74) is 0. The second kappa shape index (κ2) is 26.3. The van der Waals surface area contributed by atoms with E-state index in [2.05, 4.69) is 12.2 Å². The van der Waals surface area contributed by atoms with Crippen LogP contribution in [0.25, 0.3) is 0 Å². The predicted octanol–water partition coefficient (Wildman–Crippen LogP) is -0.283. The molecule has 1 fully saturated rings. The third-order valence-electron chi connectivity index (χ3n) is 8.82. The standard InChI is InChI=1S/C33H65N3O12/c1-2-3-4-5-6-7-8-9-10-11-12-13-14-15-16-18-25(40)36(34)20-17-19-35-32(46)29(44)28(43)31(23(39)21-37)48-33-30(45)27(42)26(41)24(22-38)47-33/h23-24,26-31,33,37-39,41-45H,2-22,34H2,1H3,(H,35,46). The van der Waals surface area contributed by atoms with Gasteiger partial charge in [-0.3, -0.25) is 14.6 Å². The molecule has 0 bridgehead atoms. The van der Waals surface area contributed by atoms with Crippen LogP contribution in [0.2, 0.25) is 0 Å². The molecule has 0 aromatic heterocycles. The minimum atomic E-state index is -2.16. The lowest BCUT2D eigenvalue weighted by Gasteiger charge is -2.42. The fraction of sp³-hybridized carbons (Fsp3) is 0.939. The van der Waals surface area contributed by atoms with Crippen LogP contribution in [0.3, 0.4) is 0 Å². The molecular weight excluding hydrogens is 630 g/mol. The fourth-order valence-corrected chi connectivity index (χ4v) is 5.65. The summed E-state index contributed by atoms with van der Waals surface area (Å²) in [6.07, 6.45) is 2.43. The lowest BCUT2D eigenvalue weighted by atomic mass is 9.98. The van der Waals surface area contributed by atoms with Crippen LogP contribution in [0.1, 0.15) is 116 Å². The van der Waals surface area contributed by atoms with Gasteiger partial charge in [0.25, 0.3) is 5.91 Å². The van der Waals surface area contributed by atoms with Gasteiger partial charge in [0.1, 0.15) is 42.7 Å². The van der Waals surface area contributed by atoms with E-state index in [0.29, 0.717) is 6.42 Å². The van der Waals surface area contributed by atoms with Crippen molar-refractivity contribution in [1.29, 1.82) is 0 Å². The van der Waals surface area contributed by atoms with Gasteiger partial charge in [-0.15, -0.1) is 0 Å². The fourth-order valence-electron chi connectivity index (χ4n) is 5.65. The maximum atomic E-state index is 12.5. The number of hydrogen-bond donors (Lipinski definition) is 10. The van der Waals surface area contributed by atoms with Gasteiger partial charge in [0, 0.05) is 19.5 Å². The Labute approximate surface area is 285 Å². The van der Waals surface area contributed by atoms with E-state index < -0.39 is 74.2 Å². The molecule has 15 nitrogen and oxygen atoms in total. The molecule has 0 aromatic carbocycles. The Morgan fingerprint density at radius 3 is 1.81 bits per heavy atom. The second-order valence-corrected chi connectivity index (χ2v) is 12.9. The van der Waals surface area contributed by atoms with Gasteiger partial charge < -0.3 is 55.6 Å². The second-order valence-electron chi connectivity index (χ2n) is 12.9. The molecule has 1 saturated heterocycles. The average Bonchev–Trinajstić information content (AvgIpc) is 3.09. The van der Waals surface area contributed by atoms with Crippen molar-refractivity contribution in [3.05, 3.63) is 0 Å². The van der Waals surface area contributed by atoms with Crippen molar-refractivity contribution < 1.29 is 59.9 Å². The largest absolute Gasteiger partial charge is 0.394 e. The van der Waals surface area contributed by atoms with Gasteiger partial charge >= 0.3 is 0 Å². The lowest BCUT2D eigenvalue weighted by Crippen LogP contribution is -2.62. The lowest BCUT2D eigenvalue weighted by molar-refractivity contribution is -0.326. The number of hydrazine groups is 1. The summed E-state index contributed by atoms with van der Waals surface area (Å²) < 4.78 is 10.5. The smallest absolute Gasteiger partial charge is 0.251 e. The molecule has 2 amide bonds. The quantitative estimate of drug-likeness (QED) is 0.0219. The molecule has 1 heterocycles. The van der Waals surface area contributed by atoms with E-state index in [9.17, 15) is 50.4 Å². The van der Waals surface area contributed by atoms with E-state index in [1.54, 1.807) is 0 Å². The van der Waals surface area contributed by atoms with Gasteiger partial charge in [-0.05, 0) is 12.8 Å². The number of ether oxygens (including phenoxy) is 2. The van der Waals surface area contributed by atoms with Crippen LogP contribution in [0.4, 0.5) is 0 Å². The Balaban J connectivity index is 2.26. The molecule has 0 aliphatic carbocycles. The van der Waals surface area contributed by atoms with Crippen molar-refractivity contribution in [2.75, 3.05) is 26.3 Å². The first-order valence-electron chi connectivity index (χ1n) is 17.9. The minimum Gasteiger partial charge on any atom is -0.394 e. The molecule has 0 aromatic rings. The van der Waals surface area contributed by atoms with Crippen LogP contribution in [-0.4, -0.2) is 139 Å². The van der Waals surface area contributed by atoms with Crippen LogP contribution in [0.5, 0.6) is 0 Å². The van der Waals surface area contributed by atoms with Gasteiger partial charge in [0.15, 0.2) is 12.4 Å². The third kappa shape index (κ3) is 16.9. The van der Waals surface area contributed by atoms with E-state index in [0.717, 1.165) is 30.7 Å². The van der Waals surface area contributed by atoms with Gasteiger partial charge in [0.05, 0.1) is 13.2 Å². The molecule has 284 valence electrons. The molecule has 9 atom stereocenters. The van der Waals surface area contributed by atoms with Crippen LogP contribution in [0.15, 0.2) is 0 Å². The summed E-state index contributed by atoms with van der Waals surface area (Å²) in [6, 6.07) is 0. The minimum absolute atomic E-state index is 0.0106. The number of rotatable bonds is 28. The molecule has 11 N–H and O–H groups in total. The molecular formula is C33H65N3O12. The van der Waals surface area contributed by atoms with E-state index in [4.69, 9.17) is 15.3 Å². The topological polar surface area (TPSA) is 256 Å². The van der Waals surface area contributed by atoms with Crippen molar-refractivity contribution in [1.82, 2.24) is 10.3 Å². The monoisotopic (exact) mass is 695 g/mol. The number of amides is 2. The molecule has 0 spiro atoms. The number of nitrogens with two attached hydrogens (primary N) is 1. The first-order chi connectivity index (χ1) is 23.0. The van der Waals surface area contributed by atoms with Crippen molar-refractivity contribution >= 4 is 11.8 Å². The normalized spacial score (nSPS) is 23.8. The Hall–Kier alpha value is -1.50. The third-order valence-corrected chi connectivity index (χ3v) is 8.82. The number of aliphatic hydroxyl groups excluding tert-OH is 8. The van der Waals surface area contributed by atoms with Crippen molar-refractivity contribution in [2.24, 2.45) is 5.84 Å². The molecule has 9 unspecified atom stereocenters. The summed E-state index contributed by atoms with van der Waals surface area (Å²) >= 11 is 0. The zero-order chi connectivity index (χ0) is 35.9. The number of nitrogens with one attached hydrogen (secondary N) is 1. The highest BCUT2D eigenvalue weighted by molar-refractivity contribution is 5.81. The van der Waals surface area contributed by atoms with Crippen LogP contribution >= 0.6 is 0 Å². The molecule has 1 aliphatic heterocycles. The van der Waals surface area contributed by atoms with Crippen LogP contribution in [0, 0.1) is 0 Å². The molecule has 1 aliphatic rings. The number of nitrogens with zero attached hydrogens (tertiary/aromatic N) is 1. The first kappa shape index (κ1) is 44.5. The molecule has 1 rings (SSSR count). The van der Waals surface area contributed by atoms with E-state index >= 15 is 0 Å². The molecule has 48 heavy (non-hydrogen) atoms. The predicted molar refractivity (Wildman–Crippen MR) is 177 cm³/mol. The number of hydrogen-bond acceptors (Lipinski definition) is 13. The average molecular weight is 696 g/mol.